The number of carbonyl (C=O) groups excluding carboxylic acids is 2. The van der Waals surface area contributed by atoms with Gasteiger partial charge in [0.15, 0.2) is 0 Å². The Morgan fingerprint density at radius 1 is 1.31 bits per heavy atom. The summed E-state index contributed by atoms with van der Waals surface area (Å²) < 4.78 is 7.02. The summed E-state index contributed by atoms with van der Waals surface area (Å²) in [5, 5.41) is 3.45. The van der Waals surface area contributed by atoms with Crippen LogP contribution in [0.15, 0.2) is 30.6 Å². The Bertz CT molecular complexity index is 847. The van der Waals surface area contributed by atoms with Gasteiger partial charge in [0, 0.05) is 32.5 Å². The standard InChI is InChI=1S/C20H26Cl2N4O3/c1-20(2,3)29-19(28)26(13-14-7-5-8-23-12-14)10-6-9-24-18(27)16-11-15(21)17(22)25(16)4/h5,7-8,11-12H,6,9-10,13H2,1-4H3,(H,24,27). The van der Waals surface area contributed by atoms with Crippen LogP contribution in [0.5, 0.6) is 0 Å². The van der Waals surface area contributed by atoms with Gasteiger partial charge in [-0.05, 0) is 44.9 Å². The lowest BCUT2D eigenvalue weighted by Crippen LogP contribution is -2.38. The van der Waals surface area contributed by atoms with E-state index in [-0.39, 0.29) is 5.91 Å². The summed E-state index contributed by atoms with van der Waals surface area (Å²) in [6.07, 6.45) is 3.53. The monoisotopic (exact) mass is 440 g/mol. The first-order chi connectivity index (χ1) is 13.6. The molecule has 7 nitrogen and oxygen atoms in total. The Labute approximate surface area is 180 Å². The molecule has 0 unspecified atom stereocenters. The highest BCUT2D eigenvalue weighted by molar-refractivity contribution is 6.41. The molecule has 2 heterocycles. The highest BCUT2D eigenvalue weighted by Crippen LogP contribution is 2.25. The Hall–Kier alpha value is -2.25. The first-order valence-corrected chi connectivity index (χ1v) is 10.00. The molecule has 0 aliphatic heterocycles. The highest BCUT2D eigenvalue weighted by Gasteiger charge is 2.22. The van der Waals surface area contributed by atoms with E-state index in [2.05, 4.69) is 10.3 Å². The van der Waals surface area contributed by atoms with Gasteiger partial charge in [0.25, 0.3) is 5.91 Å². The van der Waals surface area contributed by atoms with Crippen molar-refractivity contribution in [2.24, 2.45) is 7.05 Å². The number of halogens is 2. The van der Waals surface area contributed by atoms with Crippen molar-refractivity contribution < 1.29 is 14.3 Å². The molecule has 29 heavy (non-hydrogen) atoms. The zero-order valence-electron chi connectivity index (χ0n) is 17.0. The number of pyridine rings is 1. The third-order valence-corrected chi connectivity index (χ3v) is 4.83. The maximum atomic E-state index is 12.6. The summed E-state index contributed by atoms with van der Waals surface area (Å²) in [6.45, 7) is 6.64. The molecule has 2 aromatic rings. The SMILES string of the molecule is Cn1c(C(=O)NCCCN(Cc2cccnc2)C(=O)OC(C)(C)C)cc(Cl)c1Cl. The minimum Gasteiger partial charge on any atom is -0.444 e. The van der Waals surface area contributed by atoms with Gasteiger partial charge in [0.2, 0.25) is 0 Å². The van der Waals surface area contributed by atoms with E-state index in [1.165, 1.54) is 10.6 Å². The fraction of sp³-hybridized carbons (Fsp3) is 0.450. The molecule has 0 saturated carbocycles. The van der Waals surface area contributed by atoms with Crippen LogP contribution in [0, 0.1) is 0 Å². The van der Waals surface area contributed by atoms with Crippen LogP contribution in [0.2, 0.25) is 10.2 Å². The van der Waals surface area contributed by atoms with Crippen molar-refractivity contribution in [1.29, 1.82) is 0 Å². The molecule has 0 spiro atoms. The van der Waals surface area contributed by atoms with Crippen LogP contribution in [0.4, 0.5) is 4.79 Å². The van der Waals surface area contributed by atoms with Crippen LogP contribution in [0.3, 0.4) is 0 Å². The minimum atomic E-state index is -0.594. The van der Waals surface area contributed by atoms with Gasteiger partial charge in [-0.3, -0.25) is 9.78 Å². The summed E-state index contributed by atoms with van der Waals surface area (Å²) in [5.74, 6) is -0.280. The number of nitrogens with one attached hydrogen (secondary N) is 1. The van der Waals surface area contributed by atoms with Crippen molar-refractivity contribution in [1.82, 2.24) is 19.8 Å². The van der Waals surface area contributed by atoms with E-state index in [9.17, 15) is 9.59 Å². The van der Waals surface area contributed by atoms with Gasteiger partial charge >= 0.3 is 6.09 Å². The molecule has 2 rings (SSSR count). The molecule has 2 aromatic heterocycles. The maximum Gasteiger partial charge on any atom is 0.410 e. The molecular formula is C20H26Cl2N4O3. The summed E-state index contributed by atoms with van der Waals surface area (Å²) >= 11 is 11.9. The lowest BCUT2D eigenvalue weighted by Gasteiger charge is -2.27. The van der Waals surface area contributed by atoms with Crippen LogP contribution in [0.1, 0.15) is 43.2 Å². The van der Waals surface area contributed by atoms with Gasteiger partial charge in [-0.2, -0.15) is 0 Å². The lowest BCUT2D eigenvalue weighted by atomic mass is 10.2. The number of hydrogen-bond acceptors (Lipinski definition) is 4. The number of aromatic nitrogens is 2. The van der Waals surface area contributed by atoms with E-state index in [4.69, 9.17) is 27.9 Å². The van der Waals surface area contributed by atoms with Crippen molar-refractivity contribution in [3.05, 3.63) is 52.0 Å². The van der Waals surface area contributed by atoms with Crippen LogP contribution in [-0.2, 0) is 18.3 Å². The van der Waals surface area contributed by atoms with Crippen molar-refractivity contribution >= 4 is 35.2 Å². The number of nitrogens with zero attached hydrogens (tertiary/aromatic N) is 3. The number of amides is 2. The third-order valence-electron chi connectivity index (χ3n) is 3.99. The average molecular weight is 441 g/mol. The second-order valence-electron chi connectivity index (χ2n) is 7.60. The zero-order valence-corrected chi connectivity index (χ0v) is 18.5. The molecule has 0 aliphatic carbocycles. The number of hydrogen-bond donors (Lipinski definition) is 1. The molecule has 0 saturated heterocycles. The van der Waals surface area contributed by atoms with Gasteiger partial charge in [-0.25, -0.2) is 4.79 Å². The van der Waals surface area contributed by atoms with Crippen molar-refractivity contribution in [3.63, 3.8) is 0 Å². The molecule has 0 bridgehead atoms. The van der Waals surface area contributed by atoms with Crippen molar-refractivity contribution in [2.75, 3.05) is 13.1 Å². The summed E-state index contributed by atoms with van der Waals surface area (Å²) in [4.78, 5) is 30.6. The van der Waals surface area contributed by atoms with Crippen LogP contribution in [0.25, 0.3) is 0 Å². The smallest absolute Gasteiger partial charge is 0.410 e. The average Bonchev–Trinajstić information content (AvgIpc) is 2.91. The normalized spacial score (nSPS) is 11.2. The van der Waals surface area contributed by atoms with Gasteiger partial charge < -0.3 is 19.5 Å². The van der Waals surface area contributed by atoms with Gasteiger partial charge in [0.05, 0.1) is 11.6 Å². The third kappa shape index (κ3) is 6.94. The van der Waals surface area contributed by atoms with Crippen LogP contribution >= 0.6 is 23.2 Å². The van der Waals surface area contributed by atoms with Crippen LogP contribution in [-0.4, -0.2) is 45.1 Å². The molecule has 0 aliphatic rings. The quantitative estimate of drug-likeness (QED) is 0.651. The topological polar surface area (TPSA) is 76.5 Å². The van der Waals surface area contributed by atoms with E-state index < -0.39 is 11.7 Å². The first-order valence-electron chi connectivity index (χ1n) is 9.24. The summed E-state index contributed by atoms with van der Waals surface area (Å²) in [7, 11) is 1.67. The molecule has 0 radical (unpaired) electrons. The second kappa shape index (κ2) is 9.98. The Morgan fingerprint density at radius 3 is 2.59 bits per heavy atom. The summed E-state index contributed by atoms with van der Waals surface area (Å²) in [5.41, 5.74) is 0.679. The summed E-state index contributed by atoms with van der Waals surface area (Å²) in [6, 6.07) is 5.24. The maximum absolute atomic E-state index is 12.6. The molecule has 0 fully saturated rings. The van der Waals surface area contributed by atoms with Gasteiger partial charge in [-0.1, -0.05) is 29.3 Å². The lowest BCUT2D eigenvalue weighted by molar-refractivity contribution is 0.0232. The van der Waals surface area contributed by atoms with E-state index >= 15 is 0 Å². The van der Waals surface area contributed by atoms with E-state index in [1.807, 2.05) is 32.9 Å². The van der Waals surface area contributed by atoms with Crippen molar-refractivity contribution in [2.45, 2.75) is 39.3 Å². The molecule has 0 aromatic carbocycles. The molecule has 158 valence electrons. The fourth-order valence-corrected chi connectivity index (χ4v) is 2.97. The minimum absolute atomic E-state index is 0.280. The molecule has 0 atom stereocenters. The number of rotatable bonds is 7. The largest absolute Gasteiger partial charge is 0.444 e. The number of carbonyl (C=O) groups is 2. The predicted octanol–water partition coefficient (Wildman–Crippen LogP) is 4.28. The van der Waals surface area contributed by atoms with Gasteiger partial charge in [0.1, 0.15) is 16.4 Å². The Morgan fingerprint density at radius 2 is 2.03 bits per heavy atom. The first kappa shape index (κ1) is 23.0. The van der Waals surface area contributed by atoms with E-state index in [0.717, 1.165) is 5.56 Å². The second-order valence-corrected chi connectivity index (χ2v) is 8.37. The molecular weight excluding hydrogens is 415 g/mol. The highest BCUT2D eigenvalue weighted by atomic mass is 35.5. The molecule has 2 amide bonds. The van der Waals surface area contributed by atoms with Crippen LogP contribution < -0.4 is 5.32 Å². The van der Waals surface area contributed by atoms with E-state index in [0.29, 0.717) is 41.9 Å². The predicted molar refractivity (Wildman–Crippen MR) is 113 cm³/mol. The number of ether oxygens (including phenoxy) is 1. The Balaban J connectivity index is 1.93. The van der Waals surface area contributed by atoms with E-state index in [1.54, 1.807) is 24.3 Å². The Kier molecular flexibility index (Phi) is 7.93. The zero-order chi connectivity index (χ0) is 21.6. The molecule has 1 N–H and O–H groups in total. The molecule has 9 heteroatoms. The fourth-order valence-electron chi connectivity index (χ4n) is 2.60. The van der Waals surface area contributed by atoms with Gasteiger partial charge in [-0.15, -0.1) is 0 Å². The van der Waals surface area contributed by atoms with Crippen molar-refractivity contribution in [3.8, 4) is 0 Å².